The molecule has 0 fully saturated rings. The maximum Gasteiger partial charge on any atom is 0.291 e. The molecule has 1 aliphatic rings. The zero-order valence-electron chi connectivity index (χ0n) is 17.5. The molecule has 0 unspecified atom stereocenters. The van der Waals surface area contributed by atoms with E-state index in [0.717, 1.165) is 53.0 Å². The Morgan fingerprint density at radius 3 is 2.87 bits per heavy atom. The van der Waals surface area contributed by atoms with Crippen LogP contribution in [0.3, 0.4) is 0 Å². The van der Waals surface area contributed by atoms with Crippen LogP contribution in [0.1, 0.15) is 22.7 Å². The Morgan fingerprint density at radius 2 is 2.06 bits per heavy atom. The molecule has 0 aliphatic carbocycles. The Bertz CT molecular complexity index is 1300. The Kier molecular flexibility index (Phi) is 4.78. The predicted octanol–water partition coefficient (Wildman–Crippen LogP) is 4.56. The van der Waals surface area contributed by atoms with Gasteiger partial charge in [-0.2, -0.15) is 5.10 Å². The first kappa shape index (κ1) is 19.1. The summed E-state index contributed by atoms with van der Waals surface area (Å²) in [5, 5.41) is 8.55. The summed E-state index contributed by atoms with van der Waals surface area (Å²) in [4.78, 5) is 19.5. The molecule has 156 valence electrons. The van der Waals surface area contributed by atoms with Gasteiger partial charge in [-0.3, -0.25) is 14.5 Å². The Balaban J connectivity index is 1.47. The first-order valence-electron chi connectivity index (χ1n) is 10.3. The van der Waals surface area contributed by atoms with Gasteiger partial charge in [-0.1, -0.05) is 12.2 Å². The Hall–Kier alpha value is -3.87. The fourth-order valence-electron chi connectivity index (χ4n) is 3.90. The van der Waals surface area contributed by atoms with Crippen molar-refractivity contribution in [2.45, 2.75) is 13.3 Å². The number of benzene rings is 1. The first-order chi connectivity index (χ1) is 15.1. The smallest absolute Gasteiger partial charge is 0.291 e. The van der Waals surface area contributed by atoms with E-state index in [1.54, 1.807) is 16.9 Å². The molecule has 5 rings (SSSR count). The molecular formula is C24H23N5O2. The van der Waals surface area contributed by atoms with Gasteiger partial charge in [0.05, 0.1) is 16.9 Å². The van der Waals surface area contributed by atoms with Crippen LogP contribution in [0.25, 0.3) is 22.2 Å². The van der Waals surface area contributed by atoms with E-state index in [1.807, 2.05) is 50.5 Å². The van der Waals surface area contributed by atoms with E-state index in [2.05, 4.69) is 32.5 Å². The fourth-order valence-corrected chi connectivity index (χ4v) is 3.90. The maximum absolute atomic E-state index is 13.0. The molecule has 1 N–H and O–H groups in total. The normalized spacial score (nSPS) is 13.7. The monoisotopic (exact) mass is 413 g/mol. The van der Waals surface area contributed by atoms with E-state index in [1.165, 1.54) is 0 Å². The molecule has 7 nitrogen and oxygen atoms in total. The van der Waals surface area contributed by atoms with Gasteiger partial charge in [0.2, 0.25) is 0 Å². The van der Waals surface area contributed by atoms with Crippen LogP contribution in [0.2, 0.25) is 0 Å². The second kappa shape index (κ2) is 7.75. The third kappa shape index (κ3) is 3.82. The highest BCUT2D eigenvalue weighted by Gasteiger charge is 2.19. The van der Waals surface area contributed by atoms with Crippen LogP contribution >= 0.6 is 0 Å². The number of furan rings is 1. The number of nitrogens with one attached hydrogen (secondary N) is 1. The molecule has 4 aromatic rings. The second-order valence-corrected chi connectivity index (χ2v) is 7.74. The average Bonchev–Trinajstić information content (AvgIpc) is 3.40. The zero-order chi connectivity index (χ0) is 21.4. The van der Waals surface area contributed by atoms with Gasteiger partial charge in [-0.15, -0.1) is 0 Å². The minimum absolute atomic E-state index is 0.264. The summed E-state index contributed by atoms with van der Waals surface area (Å²) in [5.41, 5.74) is 4.39. The van der Waals surface area contributed by atoms with Crippen molar-refractivity contribution in [3.63, 3.8) is 0 Å². The SMILES string of the molecule is Cc1cc(-c2ccc(C(=O)Nc3cc4cn(C)nc4cc3N3CC=CCC3)o2)ccn1. The van der Waals surface area contributed by atoms with Crippen LogP contribution in [-0.2, 0) is 7.05 Å². The molecule has 7 heteroatoms. The van der Waals surface area contributed by atoms with E-state index >= 15 is 0 Å². The summed E-state index contributed by atoms with van der Waals surface area (Å²) in [6.07, 6.45) is 8.98. The quantitative estimate of drug-likeness (QED) is 0.497. The summed E-state index contributed by atoms with van der Waals surface area (Å²) in [6, 6.07) is 11.3. The summed E-state index contributed by atoms with van der Waals surface area (Å²) in [6.45, 7) is 3.61. The number of hydrogen-bond donors (Lipinski definition) is 1. The van der Waals surface area contributed by atoms with Crippen LogP contribution in [0.5, 0.6) is 0 Å². The number of aromatic nitrogens is 3. The van der Waals surface area contributed by atoms with Crippen LogP contribution in [-0.4, -0.2) is 33.8 Å². The first-order valence-corrected chi connectivity index (χ1v) is 10.3. The number of amides is 1. The number of carbonyl (C=O) groups excluding carboxylic acids is 1. The average molecular weight is 413 g/mol. The highest BCUT2D eigenvalue weighted by molar-refractivity contribution is 6.06. The zero-order valence-corrected chi connectivity index (χ0v) is 17.5. The van der Waals surface area contributed by atoms with Crippen molar-refractivity contribution < 1.29 is 9.21 Å². The van der Waals surface area contributed by atoms with E-state index in [-0.39, 0.29) is 11.7 Å². The van der Waals surface area contributed by atoms with Crippen molar-refractivity contribution in [1.29, 1.82) is 0 Å². The number of carbonyl (C=O) groups is 1. The summed E-state index contributed by atoms with van der Waals surface area (Å²) >= 11 is 0. The summed E-state index contributed by atoms with van der Waals surface area (Å²) in [7, 11) is 1.90. The number of fused-ring (bicyclic) bond motifs is 1. The van der Waals surface area contributed by atoms with Gasteiger partial charge in [0, 0.05) is 49.2 Å². The van der Waals surface area contributed by atoms with E-state index in [4.69, 9.17) is 4.42 Å². The largest absolute Gasteiger partial charge is 0.451 e. The number of aryl methyl sites for hydroxylation is 2. The fraction of sp³-hybridized carbons (Fsp3) is 0.208. The molecular weight excluding hydrogens is 390 g/mol. The van der Waals surface area contributed by atoms with Gasteiger partial charge in [0.15, 0.2) is 5.76 Å². The van der Waals surface area contributed by atoms with E-state index in [0.29, 0.717) is 5.76 Å². The summed E-state index contributed by atoms with van der Waals surface area (Å²) in [5.74, 6) is 0.620. The topological polar surface area (TPSA) is 76.2 Å². The lowest BCUT2D eigenvalue weighted by Crippen LogP contribution is -2.28. The van der Waals surface area contributed by atoms with Crippen molar-refractivity contribution in [2.75, 3.05) is 23.3 Å². The van der Waals surface area contributed by atoms with Gasteiger partial charge < -0.3 is 14.6 Å². The maximum atomic E-state index is 13.0. The number of hydrogen-bond acceptors (Lipinski definition) is 5. The van der Waals surface area contributed by atoms with Crippen LogP contribution < -0.4 is 10.2 Å². The molecule has 1 aliphatic heterocycles. The van der Waals surface area contributed by atoms with Crippen molar-refractivity contribution in [3.8, 4) is 11.3 Å². The van der Waals surface area contributed by atoms with Gasteiger partial charge in [-0.05, 0) is 49.7 Å². The highest BCUT2D eigenvalue weighted by atomic mass is 16.3. The number of rotatable bonds is 4. The van der Waals surface area contributed by atoms with Crippen LogP contribution in [0.15, 0.2) is 65.4 Å². The Labute approximate surface area is 180 Å². The van der Waals surface area contributed by atoms with Crippen molar-refractivity contribution in [2.24, 2.45) is 7.05 Å². The number of anilines is 2. The standard InChI is InChI=1S/C24H23N5O2/c1-16-12-17(8-9-25-16)22-6-7-23(31-22)24(30)26-20-13-18-15-28(2)27-19(18)14-21(20)29-10-4-3-5-11-29/h3-4,6-9,12-15H,5,10-11H2,1-2H3,(H,26,30). The molecule has 3 aromatic heterocycles. The van der Waals surface area contributed by atoms with Gasteiger partial charge in [-0.25, -0.2) is 0 Å². The minimum Gasteiger partial charge on any atom is -0.451 e. The molecule has 31 heavy (non-hydrogen) atoms. The predicted molar refractivity (Wildman–Crippen MR) is 121 cm³/mol. The molecule has 1 aromatic carbocycles. The number of nitrogens with zero attached hydrogens (tertiary/aromatic N) is 4. The van der Waals surface area contributed by atoms with E-state index in [9.17, 15) is 4.79 Å². The minimum atomic E-state index is -0.283. The molecule has 0 saturated heterocycles. The second-order valence-electron chi connectivity index (χ2n) is 7.74. The summed E-state index contributed by atoms with van der Waals surface area (Å²) < 4.78 is 7.64. The number of pyridine rings is 1. The molecule has 0 radical (unpaired) electrons. The molecule has 4 heterocycles. The van der Waals surface area contributed by atoms with Gasteiger partial charge >= 0.3 is 0 Å². The molecule has 1 amide bonds. The lowest BCUT2D eigenvalue weighted by Gasteiger charge is -2.27. The van der Waals surface area contributed by atoms with Crippen molar-refractivity contribution >= 4 is 28.2 Å². The molecule has 0 bridgehead atoms. The van der Waals surface area contributed by atoms with Crippen LogP contribution in [0, 0.1) is 6.92 Å². The van der Waals surface area contributed by atoms with Crippen molar-refractivity contribution in [3.05, 3.63) is 72.4 Å². The van der Waals surface area contributed by atoms with Gasteiger partial charge in [0.1, 0.15) is 5.76 Å². The Morgan fingerprint density at radius 1 is 1.16 bits per heavy atom. The highest BCUT2D eigenvalue weighted by Crippen LogP contribution is 2.33. The van der Waals surface area contributed by atoms with E-state index < -0.39 is 0 Å². The molecule has 0 spiro atoms. The van der Waals surface area contributed by atoms with Crippen LogP contribution in [0.4, 0.5) is 11.4 Å². The van der Waals surface area contributed by atoms with Gasteiger partial charge in [0.25, 0.3) is 5.91 Å². The van der Waals surface area contributed by atoms with Crippen molar-refractivity contribution in [1.82, 2.24) is 14.8 Å². The third-order valence-corrected chi connectivity index (χ3v) is 5.39. The molecule has 0 saturated carbocycles. The lowest BCUT2D eigenvalue weighted by molar-refractivity contribution is 0.0997. The molecule has 0 atom stereocenters. The third-order valence-electron chi connectivity index (χ3n) is 5.39. The lowest BCUT2D eigenvalue weighted by atomic mass is 10.1.